The molecule has 0 bridgehead atoms. The highest BCUT2D eigenvalue weighted by Gasteiger charge is 2.23. The average molecular weight is 409 g/mol. The van der Waals surface area contributed by atoms with Crippen molar-refractivity contribution in [1.82, 2.24) is 19.9 Å². The number of hydrogen-bond acceptors (Lipinski definition) is 7. The van der Waals surface area contributed by atoms with Crippen molar-refractivity contribution in [2.75, 3.05) is 5.32 Å². The van der Waals surface area contributed by atoms with E-state index in [4.69, 9.17) is 8.94 Å². The van der Waals surface area contributed by atoms with Crippen LogP contribution in [-0.4, -0.2) is 31.1 Å². The van der Waals surface area contributed by atoms with Crippen molar-refractivity contribution in [3.63, 3.8) is 0 Å². The second-order valence-corrected chi connectivity index (χ2v) is 7.76. The summed E-state index contributed by atoms with van der Waals surface area (Å²) in [6.07, 6.45) is 1.62. The number of hydrogen-bond donors (Lipinski definition) is 1. The summed E-state index contributed by atoms with van der Waals surface area (Å²) in [6.45, 7) is 5.47. The summed E-state index contributed by atoms with van der Waals surface area (Å²) >= 11 is 1.31. The number of rotatable bonds is 6. The Balaban J connectivity index is 1.64. The maximum absolute atomic E-state index is 12.6. The molecule has 0 spiro atoms. The number of furan rings is 1. The number of nitrogens with one attached hydrogen (secondary N) is 1. The number of benzene rings is 1. The molecule has 4 rings (SSSR count). The van der Waals surface area contributed by atoms with Crippen LogP contribution in [0.3, 0.4) is 0 Å². The number of carbonyl (C=O) groups excluding carboxylic acids is 1. The quantitative estimate of drug-likeness (QED) is 0.475. The van der Waals surface area contributed by atoms with Gasteiger partial charge in [-0.3, -0.25) is 14.7 Å². The van der Waals surface area contributed by atoms with E-state index >= 15 is 0 Å². The number of para-hydroxylation sites is 1. The van der Waals surface area contributed by atoms with Crippen LogP contribution >= 0.6 is 11.8 Å². The maximum atomic E-state index is 12.6. The summed E-state index contributed by atoms with van der Waals surface area (Å²) in [7, 11) is 0. The first kappa shape index (κ1) is 19.0. The number of anilines is 1. The molecule has 0 aliphatic heterocycles. The largest absolute Gasteiger partial charge is 0.469 e. The van der Waals surface area contributed by atoms with Crippen LogP contribution in [0.2, 0.25) is 0 Å². The molecule has 1 unspecified atom stereocenters. The lowest BCUT2D eigenvalue weighted by Gasteiger charge is -2.13. The molecule has 0 radical (unpaired) electrons. The van der Waals surface area contributed by atoms with Crippen LogP contribution in [0.25, 0.3) is 17.1 Å². The van der Waals surface area contributed by atoms with Crippen molar-refractivity contribution < 1.29 is 13.7 Å². The van der Waals surface area contributed by atoms with Gasteiger partial charge in [0, 0.05) is 11.8 Å². The van der Waals surface area contributed by atoms with Crippen molar-refractivity contribution in [1.29, 1.82) is 0 Å². The van der Waals surface area contributed by atoms with Gasteiger partial charge in [0.2, 0.25) is 11.8 Å². The fourth-order valence-electron chi connectivity index (χ4n) is 2.80. The summed E-state index contributed by atoms with van der Waals surface area (Å²) in [4.78, 5) is 12.6. The van der Waals surface area contributed by atoms with Crippen LogP contribution in [0, 0.1) is 13.8 Å². The molecule has 4 aromatic rings. The van der Waals surface area contributed by atoms with Crippen LogP contribution in [-0.2, 0) is 4.79 Å². The Morgan fingerprint density at radius 2 is 1.97 bits per heavy atom. The third kappa shape index (κ3) is 3.95. The monoisotopic (exact) mass is 409 g/mol. The summed E-state index contributed by atoms with van der Waals surface area (Å²) in [5.74, 6) is 1.51. The zero-order chi connectivity index (χ0) is 20.4. The fourth-order valence-corrected chi connectivity index (χ4v) is 3.67. The van der Waals surface area contributed by atoms with Gasteiger partial charge in [-0.1, -0.05) is 35.1 Å². The lowest BCUT2D eigenvalue weighted by Crippen LogP contribution is -2.22. The summed E-state index contributed by atoms with van der Waals surface area (Å²) in [5.41, 5.74) is 2.45. The normalized spacial score (nSPS) is 12.1. The number of amides is 1. The highest BCUT2D eigenvalue weighted by Crippen LogP contribution is 2.32. The number of aromatic nitrogens is 4. The topological polar surface area (TPSA) is 99.0 Å². The first-order chi connectivity index (χ1) is 14.0. The molecular weight excluding hydrogens is 390 g/mol. The minimum absolute atomic E-state index is 0.213. The van der Waals surface area contributed by atoms with E-state index in [1.807, 2.05) is 47.9 Å². The van der Waals surface area contributed by atoms with E-state index in [2.05, 4.69) is 20.7 Å². The Kier molecular flexibility index (Phi) is 5.22. The zero-order valence-corrected chi connectivity index (χ0v) is 16.9. The van der Waals surface area contributed by atoms with Gasteiger partial charge in [0.05, 0.1) is 22.8 Å². The zero-order valence-electron chi connectivity index (χ0n) is 16.1. The maximum Gasteiger partial charge on any atom is 0.240 e. The van der Waals surface area contributed by atoms with Gasteiger partial charge in [-0.2, -0.15) is 0 Å². The van der Waals surface area contributed by atoms with Gasteiger partial charge in [-0.25, -0.2) is 0 Å². The second kappa shape index (κ2) is 7.96. The summed E-state index contributed by atoms with van der Waals surface area (Å²) in [6, 6.07) is 13.3. The Labute approximate surface area is 171 Å². The lowest BCUT2D eigenvalue weighted by molar-refractivity contribution is -0.115. The molecule has 0 aliphatic rings. The van der Waals surface area contributed by atoms with Crippen molar-refractivity contribution >= 4 is 23.6 Å². The van der Waals surface area contributed by atoms with Gasteiger partial charge in [0.1, 0.15) is 5.76 Å². The summed E-state index contributed by atoms with van der Waals surface area (Å²) < 4.78 is 12.4. The van der Waals surface area contributed by atoms with Gasteiger partial charge in [-0.15, -0.1) is 10.2 Å². The third-order valence-corrected chi connectivity index (χ3v) is 5.32. The third-order valence-electron chi connectivity index (χ3n) is 4.27. The highest BCUT2D eigenvalue weighted by molar-refractivity contribution is 8.00. The van der Waals surface area contributed by atoms with E-state index in [0.29, 0.717) is 22.6 Å². The van der Waals surface area contributed by atoms with Crippen LogP contribution in [0.4, 0.5) is 5.88 Å². The van der Waals surface area contributed by atoms with Crippen molar-refractivity contribution in [3.05, 3.63) is 60.2 Å². The lowest BCUT2D eigenvalue weighted by atomic mass is 10.2. The first-order valence-corrected chi connectivity index (χ1v) is 9.87. The van der Waals surface area contributed by atoms with Gasteiger partial charge in [-0.05, 0) is 39.0 Å². The molecule has 1 N–H and O–H groups in total. The number of aryl methyl sites for hydroxylation is 2. The van der Waals surface area contributed by atoms with Crippen LogP contribution in [0.5, 0.6) is 0 Å². The smallest absolute Gasteiger partial charge is 0.240 e. The first-order valence-electron chi connectivity index (χ1n) is 8.99. The fraction of sp³-hybridized carbons (Fsp3) is 0.200. The molecule has 1 aromatic carbocycles. The molecule has 29 heavy (non-hydrogen) atoms. The Hall–Kier alpha value is -3.33. The molecule has 3 heterocycles. The van der Waals surface area contributed by atoms with E-state index in [0.717, 1.165) is 17.0 Å². The molecule has 0 saturated carbocycles. The molecule has 9 heteroatoms. The summed E-state index contributed by atoms with van der Waals surface area (Å²) in [5, 5.41) is 15.4. The van der Waals surface area contributed by atoms with E-state index < -0.39 is 5.25 Å². The minimum atomic E-state index is -0.439. The number of carbonyl (C=O) groups is 1. The molecule has 1 amide bonds. The van der Waals surface area contributed by atoms with E-state index in [1.165, 1.54) is 11.8 Å². The van der Waals surface area contributed by atoms with Crippen molar-refractivity contribution in [3.8, 4) is 17.1 Å². The molecule has 8 nitrogen and oxygen atoms in total. The number of thioether (sulfide) groups is 1. The second-order valence-electron chi connectivity index (χ2n) is 6.45. The Bertz CT molecular complexity index is 1130. The standard InChI is InChI=1S/C20H19N5O3S/c1-12-11-17(28-24-12)21-19(26)14(3)29-20-23-22-18(16-9-10-27-13(16)2)25(20)15-7-5-4-6-8-15/h4-11,14H,1-3H3,(H,21,26). The van der Waals surface area contributed by atoms with Gasteiger partial charge < -0.3 is 8.94 Å². The molecular formula is C20H19N5O3S. The van der Waals surface area contributed by atoms with Gasteiger partial charge in [0.15, 0.2) is 11.0 Å². The molecule has 148 valence electrons. The number of nitrogens with zero attached hydrogens (tertiary/aromatic N) is 4. The van der Waals surface area contributed by atoms with Crippen LogP contribution in [0.1, 0.15) is 18.4 Å². The van der Waals surface area contributed by atoms with Crippen molar-refractivity contribution in [2.45, 2.75) is 31.2 Å². The predicted octanol–water partition coefficient (Wildman–Crippen LogP) is 4.25. The SMILES string of the molecule is Cc1cc(NC(=O)C(C)Sc2nnc(-c3ccoc3C)n2-c2ccccc2)on1. The van der Waals surface area contributed by atoms with E-state index in [9.17, 15) is 4.79 Å². The average Bonchev–Trinajstić information content (AvgIpc) is 3.42. The molecule has 1 atom stereocenters. The Morgan fingerprint density at radius 1 is 1.17 bits per heavy atom. The highest BCUT2D eigenvalue weighted by atomic mass is 32.2. The molecule has 0 aliphatic carbocycles. The van der Waals surface area contributed by atoms with E-state index in [-0.39, 0.29) is 5.91 Å². The van der Waals surface area contributed by atoms with Crippen LogP contribution in [0.15, 0.2) is 62.8 Å². The van der Waals surface area contributed by atoms with Gasteiger partial charge in [0.25, 0.3) is 0 Å². The molecule has 0 saturated heterocycles. The van der Waals surface area contributed by atoms with Gasteiger partial charge >= 0.3 is 0 Å². The van der Waals surface area contributed by atoms with E-state index in [1.54, 1.807) is 26.2 Å². The molecule has 0 fully saturated rings. The van der Waals surface area contributed by atoms with Crippen LogP contribution < -0.4 is 5.32 Å². The Morgan fingerprint density at radius 3 is 2.62 bits per heavy atom. The minimum Gasteiger partial charge on any atom is -0.469 e. The van der Waals surface area contributed by atoms with Crippen molar-refractivity contribution in [2.24, 2.45) is 0 Å². The predicted molar refractivity (Wildman–Crippen MR) is 109 cm³/mol. The molecule has 3 aromatic heterocycles.